The van der Waals surface area contributed by atoms with Gasteiger partial charge in [-0.05, 0) is 43.2 Å². The van der Waals surface area contributed by atoms with Gasteiger partial charge in [-0.3, -0.25) is 0 Å². The van der Waals surface area contributed by atoms with Crippen LogP contribution in [-0.2, 0) is 7.05 Å². The summed E-state index contributed by atoms with van der Waals surface area (Å²) in [6, 6.07) is 15.0. The fourth-order valence-corrected chi connectivity index (χ4v) is 4.52. The van der Waals surface area contributed by atoms with Crippen molar-refractivity contribution in [2.45, 2.75) is 27.7 Å². The molecular formula is C24H22NO+. The minimum Gasteiger partial charge on any atom is -0.455 e. The van der Waals surface area contributed by atoms with Gasteiger partial charge in [-0.2, -0.15) is 4.57 Å². The standard InChI is InChI=1S/C24H22NO/c1-13-16(4)25(5)23-21-14(2)17-9-6-7-10-18(17)15(3)24(21)26-20-12-8-11-19(13)22(20)23/h6-12H,1-5H3/q+1. The van der Waals surface area contributed by atoms with Crippen LogP contribution in [0, 0.1) is 27.7 Å². The maximum atomic E-state index is 6.51. The van der Waals surface area contributed by atoms with E-state index in [0.717, 1.165) is 11.5 Å². The largest absolute Gasteiger partial charge is 0.455 e. The molecule has 0 saturated carbocycles. The van der Waals surface area contributed by atoms with Crippen LogP contribution in [0.4, 0.5) is 0 Å². The van der Waals surface area contributed by atoms with Crippen molar-refractivity contribution in [2.75, 3.05) is 0 Å². The Kier molecular flexibility index (Phi) is 3.00. The number of aromatic nitrogens is 1. The van der Waals surface area contributed by atoms with Crippen molar-refractivity contribution in [1.29, 1.82) is 0 Å². The molecule has 2 heteroatoms. The molecular weight excluding hydrogens is 318 g/mol. The van der Waals surface area contributed by atoms with Crippen LogP contribution in [0.2, 0.25) is 0 Å². The van der Waals surface area contributed by atoms with Crippen molar-refractivity contribution in [3.63, 3.8) is 0 Å². The van der Waals surface area contributed by atoms with Crippen molar-refractivity contribution in [2.24, 2.45) is 7.05 Å². The van der Waals surface area contributed by atoms with Crippen LogP contribution in [0.1, 0.15) is 22.4 Å². The van der Waals surface area contributed by atoms with E-state index in [4.69, 9.17) is 4.74 Å². The van der Waals surface area contributed by atoms with E-state index in [9.17, 15) is 0 Å². The quantitative estimate of drug-likeness (QED) is 0.324. The maximum Gasteiger partial charge on any atom is 0.228 e. The van der Waals surface area contributed by atoms with E-state index in [1.165, 1.54) is 55.2 Å². The molecule has 2 heterocycles. The van der Waals surface area contributed by atoms with Crippen LogP contribution < -0.4 is 9.30 Å². The molecule has 2 nitrogen and oxygen atoms in total. The lowest BCUT2D eigenvalue weighted by molar-refractivity contribution is -0.665. The molecule has 0 spiro atoms. The van der Waals surface area contributed by atoms with E-state index in [1.54, 1.807) is 0 Å². The van der Waals surface area contributed by atoms with Gasteiger partial charge in [-0.25, -0.2) is 0 Å². The molecule has 1 aliphatic heterocycles. The number of fused-ring (bicyclic) bond motifs is 3. The summed E-state index contributed by atoms with van der Waals surface area (Å²) in [6.07, 6.45) is 0. The molecule has 0 radical (unpaired) electrons. The molecule has 5 rings (SSSR count). The van der Waals surface area contributed by atoms with Gasteiger partial charge in [0.2, 0.25) is 5.69 Å². The predicted molar refractivity (Wildman–Crippen MR) is 107 cm³/mol. The lowest BCUT2D eigenvalue weighted by atomic mass is 9.88. The third-order valence-corrected chi connectivity index (χ3v) is 6.17. The van der Waals surface area contributed by atoms with Crippen molar-refractivity contribution < 1.29 is 9.30 Å². The molecule has 0 unspecified atom stereocenters. The molecule has 4 aromatic rings. The number of ether oxygens (including phenoxy) is 1. The molecule has 0 fully saturated rings. The first-order valence-corrected chi connectivity index (χ1v) is 9.12. The lowest BCUT2D eigenvalue weighted by Crippen LogP contribution is -2.37. The lowest BCUT2D eigenvalue weighted by Gasteiger charge is -2.25. The summed E-state index contributed by atoms with van der Waals surface area (Å²) in [6.45, 7) is 8.80. The Balaban J connectivity index is 2.08. The number of rotatable bonds is 0. The summed E-state index contributed by atoms with van der Waals surface area (Å²) in [5.41, 5.74) is 7.61. The summed E-state index contributed by atoms with van der Waals surface area (Å²) < 4.78 is 8.84. The minimum atomic E-state index is 0.960. The first-order valence-electron chi connectivity index (χ1n) is 9.12. The van der Waals surface area contributed by atoms with E-state index in [1.807, 2.05) is 0 Å². The van der Waals surface area contributed by atoms with Crippen LogP contribution in [0.3, 0.4) is 0 Å². The second kappa shape index (κ2) is 5.07. The van der Waals surface area contributed by atoms with Gasteiger partial charge in [-0.15, -0.1) is 0 Å². The SMILES string of the molecule is Cc1c2c(c(C)c3ccccc13)-c1c3c(cccc3c(C)c(C)[n+]1C)O2. The van der Waals surface area contributed by atoms with Crippen LogP contribution in [0.5, 0.6) is 11.5 Å². The third-order valence-electron chi connectivity index (χ3n) is 6.17. The predicted octanol–water partition coefficient (Wildman–Crippen LogP) is 5.82. The van der Waals surface area contributed by atoms with Gasteiger partial charge in [0.15, 0.2) is 5.69 Å². The highest BCUT2D eigenvalue weighted by Gasteiger charge is 2.33. The molecule has 0 amide bonds. The zero-order valence-corrected chi connectivity index (χ0v) is 15.9. The van der Waals surface area contributed by atoms with E-state index in [-0.39, 0.29) is 0 Å². The Hall–Kier alpha value is -2.87. The van der Waals surface area contributed by atoms with Gasteiger partial charge in [0, 0.05) is 23.4 Å². The summed E-state index contributed by atoms with van der Waals surface area (Å²) in [5.74, 6) is 1.96. The fraction of sp³-hybridized carbons (Fsp3) is 0.208. The fourth-order valence-electron chi connectivity index (χ4n) is 4.52. The van der Waals surface area contributed by atoms with Crippen LogP contribution in [-0.4, -0.2) is 0 Å². The average Bonchev–Trinajstić information content (AvgIpc) is 2.67. The zero-order valence-electron chi connectivity index (χ0n) is 15.9. The highest BCUT2D eigenvalue weighted by atomic mass is 16.5. The molecule has 0 atom stereocenters. The molecule has 1 aromatic heterocycles. The van der Waals surface area contributed by atoms with E-state index in [2.05, 4.69) is 81.8 Å². The van der Waals surface area contributed by atoms with Crippen molar-refractivity contribution in [3.8, 4) is 22.8 Å². The minimum absolute atomic E-state index is 0.960. The normalized spacial score (nSPS) is 12.3. The Morgan fingerprint density at radius 3 is 2.12 bits per heavy atom. The topological polar surface area (TPSA) is 13.1 Å². The first kappa shape index (κ1) is 15.4. The van der Waals surface area contributed by atoms with Gasteiger partial charge < -0.3 is 4.74 Å². The average molecular weight is 340 g/mol. The number of pyridine rings is 1. The molecule has 1 aliphatic rings. The Morgan fingerprint density at radius 1 is 0.731 bits per heavy atom. The van der Waals surface area contributed by atoms with E-state index >= 15 is 0 Å². The van der Waals surface area contributed by atoms with Gasteiger partial charge in [0.25, 0.3) is 0 Å². The van der Waals surface area contributed by atoms with Crippen LogP contribution >= 0.6 is 0 Å². The molecule has 0 saturated heterocycles. The Morgan fingerprint density at radius 2 is 1.38 bits per heavy atom. The molecule has 3 aromatic carbocycles. The third kappa shape index (κ3) is 1.74. The number of hydrogen-bond donors (Lipinski definition) is 0. The van der Waals surface area contributed by atoms with Gasteiger partial charge in [-0.1, -0.05) is 36.4 Å². The Labute approximate surface area is 153 Å². The first-order chi connectivity index (χ1) is 12.5. The zero-order chi connectivity index (χ0) is 18.2. The Bertz CT molecular complexity index is 1250. The van der Waals surface area contributed by atoms with Crippen LogP contribution in [0.25, 0.3) is 32.8 Å². The highest BCUT2D eigenvalue weighted by molar-refractivity contribution is 6.07. The summed E-state index contributed by atoms with van der Waals surface area (Å²) >= 11 is 0. The smallest absolute Gasteiger partial charge is 0.228 e. The summed E-state index contributed by atoms with van der Waals surface area (Å²) in [7, 11) is 2.17. The number of nitrogens with zero attached hydrogens (tertiary/aromatic N) is 1. The van der Waals surface area contributed by atoms with Gasteiger partial charge in [0.05, 0.1) is 10.9 Å². The second-order valence-electron chi connectivity index (χ2n) is 7.40. The maximum absolute atomic E-state index is 6.51. The van der Waals surface area contributed by atoms with E-state index in [0.29, 0.717) is 0 Å². The molecule has 26 heavy (non-hydrogen) atoms. The van der Waals surface area contributed by atoms with Crippen molar-refractivity contribution >= 4 is 21.5 Å². The molecule has 0 bridgehead atoms. The monoisotopic (exact) mass is 340 g/mol. The molecule has 0 N–H and O–H groups in total. The van der Waals surface area contributed by atoms with Gasteiger partial charge in [0.1, 0.15) is 18.5 Å². The van der Waals surface area contributed by atoms with Crippen molar-refractivity contribution in [3.05, 3.63) is 64.8 Å². The number of benzene rings is 3. The molecule has 0 aliphatic carbocycles. The summed E-state index contributed by atoms with van der Waals surface area (Å²) in [4.78, 5) is 0. The van der Waals surface area contributed by atoms with Gasteiger partial charge >= 0.3 is 0 Å². The number of aryl methyl sites for hydroxylation is 3. The highest BCUT2D eigenvalue weighted by Crippen LogP contribution is 2.50. The number of hydrogen-bond acceptors (Lipinski definition) is 1. The van der Waals surface area contributed by atoms with Crippen molar-refractivity contribution in [1.82, 2.24) is 0 Å². The van der Waals surface area contributed by atoms with Crippen LogP contribution in [0.15, 0.2) is 42.5 Å². The summed E-state index contributed by atoms with van der Waals surface area (Å²) in [5, 5.41) is 5.08. The second-order valence-corrected chi connectivity index (χ2v) is 7.40. The van der Waals surface area contributed by atoms with E-state index < -0.39 is 0 Å². The molecule has 128 valence electrons.